The number of aliphatic hydroxyl groups excluding tert-OH is 1. The molecule has 1 fully saturated rings. The summed E-state index contributed by atoms with van der Waals surface area (Å²) in [6.45, 7) is 0.676. The standard InChI is InChI=1S/C19H28N4O2/c24-13-12-20-19-22-16-10-6-7-11-17(16)23(19)14-18(25)21-15-8-4-2-1-3-5-9-15/h6-7,10-11,15,24H,1-5,8-9,12-14H2,(H,20,22)(H,21,25). The second-order valence-electron chi connectivity index (χ2n) is 6.77. The van der Waals surface area contributed by atoms with Crippen molar-refractivity contribution in [2.75, 3.05) is 18.5 Å². The smallest absolute Gasteiger partial charge is 0.240 e. The molecule has 1 saturated carbocycles. The monoisotopic (exact) mass is 344 g/mol. The zero-order valence-corrected chi connectivity index (χ0v) is 14.7. The summed E-state index contributed by atoms with van der Waals surface area (Å²) in [5.74, 6) is 0.656. The van der Waals surface area contributed by atoms with Gasteiger partial charge in [0.15, 0.2) is 0 Å². The number of hydrogen-bond acceptors (Lipinski definition) is 4. The average molecular weight is 344 g/mol. The highest BCUT2D eigenvalue weighted by atomic mass is 16.3. The molecule has 2 aromatic rings. The quantitative estimate of drug-likeness (QED) is 0.753. The Labute approximate surface area is 148 Å². The van der Waals surface area contributed by atoms with Gasteiger partial charge in [-0.05, 0) is 25.0 Å². The number of hydrogen-bond donors (Lipinski definition) is 3. The summed E-state index contributed by atoms with van der Waals surface area (Å²) in [6, 6.07) is 8.07. The molecule has 0 bridgehead atoms. The average Bonchev–Trinajstić information content (AvgIpc) is 2.93. The van der Waals surface area contributed by atoms with Gasteiger partial charge in [-0.25, -0.2) is 4.98 Å². The topological polar surface area (TPSA) is 79.2 Å². The molecule has 6 heteroatoms. The largest absolute Gasteiger partial charge is 0.395 e. The van der Waals surface area contributed by atoms with Crippen LogP contribution in [-0.4, -0.2) is 39.8 Å². The molecule has 0 spiro atoms. The number of carbonyl (C=O) groups is 1. The van der Waals surface area contributed by atoms with E-state index in [4.69, 9.17) is 5.11 Å². The highest BCUT2D eigenvalue weighted by molar-refractivity contribution is 5.83. The minimum absolute atomic E-state index is 0.0253. The van der Waals surface area contributed by atoms with E-state index in [9.17, 15) is 4.79 Å². The van der Waals surface area contributed by atoms with Crippen LogP contribution in [0.3, 0.4) is 0 Å². The molecule has 0 aliphatic heterocycles. The molecule has 0 unspecified atom stereocenters. The molecule has 1 aromatic heterocycles. The summed E-state index contributed by atoms with van der Waals surface area (Å²) in [5, 5.41) is 15.4. The van der Waals surface area contributed by atoms with Gasteiger partial charge >= 0.3 is 0 Å². The molecule has 1 heterocycles. The number of amides is 1. The van der Waals surface area contributed by atoms with Crippen molar-refractivity contribution in [1.29, 1.82) is 0 Å². The molecular formula is C19H28N4O2. The van der Waals surface area contributed by atoms with Gasteiger partial charge in [0, 0.05) is 12.6 Å². The van der Waals surface area contributed by atoms with E-state index in [0.29, 0.717) is 12.5 Å². The lowest BCUT2D eigenvalue weighted by molar-refractivity contribution is -0.122. The van der Waals surface area contributed by atoms with E-state index in [1.165, 1.54) is 32.1 Å². The van der Waals surface area contributed by atoms with Gasteiger partial charge in [0.05, 0.1) is 17.6 Å². The lowest BCUT2D eigenvalue weighted by Crippen LogP contribution is -2.37. The van der Waals surface area contributed by atoms with Crippen LogP contribution in [0.25, 0.3) is 11.0 Å². The maximum atomic E-state index is 12.6. The van der Waals surface area contributed by atoms with Crippen LogP contribution in [0.1, 0.15) is 44.9 Å². The minimum Gasteiger partial charge on any atom is -0.395 e. The normalized spacial score (nSPS) is 16.4. The summed E-state index contributed by atoms with van der Waals surface area (Å²) in [7, 11) is 0. The van der Waals surface area contributed by atoms with Crippen LogP contribution in [0.15, 0.2) is 24.3 Å². The Morgan fingerprint density at radius 3 is 2.64 bits per heavy atom. The number of aromatic nitrogens is 2. The maximum Gasteiger partial charge on any atom is 0.240 e. The molecule has 3 rings (SSSR count). The molecule has 1 aromatic carbocycles. The molecule has 1 amide bonds. The predicted octanol–water partition coefficient (Wildman–Crippen LogP) is 2.67. The van der Waals surface area contributed by atoms with E-state index in [-0.39, 0.29) is 25.1 Å². The fourth-order valence-electron chi connectivity index (χ4n) is 3.56. The number of nitrogens with one attached hydrogen (secondary N) is 2. The summed E-state index contributed by atoms with van der Waals surface area (Å²) >= 11 is 0. The van der Waals surface area contributed by atoms with Gasteiger partial charge in [0.1, 0.15) is 6.54 Å². The Kier molecular flexibility index (Phi) is 6.28. The second kappa shape index (κ2) is 8.85. The lowest BCUT2D eigenvalue weighted by atomic mass is 9.97. The van der Waals surface area contributed by atoms with Crippen LogP contribution in [-0.2, 0) is 11.3 Å². The number of imidazole rings is 1. The van der Waals surface area contributed by atoms with Gasteiger partial charge < -0.3 is 20.3 Å². The number of rotatable bonds is 6. The van der Waals surface area contributed by atoms with E-state index < -0.39 is 0 Å². The van der Waals surface area contributed by atoms with Gasteiger partial charge in [0.2, 0.25) is 11.9 Å². The number of aliphatic hydroxyl groups is 1. The third-order valence-electron chi connectivity index (χ3n) is 4.82. The van der Waals surface area contributed by atoms with Crippen LogP contribution >= 0.6 is 0 Å². The van der Waals surface area contributed by atoms with Crippen LogP contribution in [0.5, 0.6) is 0 Å². The maximum absolute atomic E-state index is 12.6. The van der Waals surface area contributed by atoms with Crippen LogP contribution in [0.2, 0.25) is 0 Å². The summed E-state index contributed by atoms with van der Waals surface area (Å²) in [6.07, 6.45) is 8.41. The first-order valence-electron chi connectivity index (χ1n) is 9.37. The van der Waals surface area contributed by atoms with Crippen molar-refractivity contribution in [3.8, 4) is 0 Å². The number of fused-ring (bicyclic) bond motifs is 1. The molecule has 0 saturated heterocycles. The fraction of sp³-hybridized carbons (Fsp3) is 0.579. The number of para-hydroxylation sites is 2. The molecule has 25 heavy (non-hydrogen) atoms. The van der Waals surface area contributed by atoms with Crippen LogP contribution in [0, 0.1) is 0 Å². The van der Waals surface area contributed by atoms with Crippen molar-refractivity contribution in [2.24, 2.45) is 0 Å². The van der Waals surface area contributed by atoms with Gasteiger partial charge in [0.25, 0.3) is 0 Å². The number of nitrogens with zero attached hydrogens (tertiary/aromatic N) is 2. The molecule has 0 radical (unpaired) electrons. The van der Waals surface area contributed by atoms with E-state index >= 15 is 0 Å². The summed E-state index contributed by atoms with van der Waals surface area (Å²) < 4.78 is 1.89. The van der Waals surface area contributed by atoms with E-state index in [1.807, 2.05) is 28.8 Å². The lowest BCUT2D eigenvalue weighted by Gasteiger charge is -2.21. The Morgan fingerprint density at radius 1 is 1.16 bits per heavy atom. The zero-order valence-electron chi connectivity index (χ0n) is 14.7. The molecule has 3 N–H and O–H groups in total. The fourth-order valence-corrected chi connectivity index (χ4v) is 3.56. The van der Waals surface area contributed by atoms with E-state index in [1.54, 1.807) is 0 Å². The first kappa shape index (κ1) is 17.7. The zero-order chi connectivity index (χ0) is 17.5. The van der Waals surface area contributed by atoms with Gasteiger partial charge in [-0.2, -0.15) is 0 Å². The summed E-state index contributed by atoms with van der Waals surface area (Å²) in [4.78, 5) is 17.1. The van der Waals surface area contributed by atoms with Crippen molar-refractivity contribution in [1.82, 2.24) is 14.9 Å². The van der Waals surface area contributed by atoms with Gasteiger partial charge in [-0.1, -0.05) is 44.2 Å². The van der Waals surface area contributed by atoms with E-state index in [2.05, 4.69) is 15.6 Å². The third-order valence-corrected chi connectivity index (χ3v) is 4.82. The number of carbonyl (C=O) groups excluding carboxylic acids is 1. The SMILES string of the molecule is O=C(Cn1c(NCCO)nc2ccccc21)NC1CCCCCCC1. The Bertz CT molecular complexity index is 690. The van der Waals surface area contributed by atoms with Crippen molar-refractivity contribution in [3.63, 3.8) is 0 Å². The Hall–Kier alpha value is -2.08. The highest BCUT2D eigenvalue weighted by Gasteiger charge is 2.17. The van der Waals surface area contributed by atoms with Crippen molar-refractivity contribution < 1.29 is 9.90 Å². The van der Waals surface area contributed by atoms with Crippen molar-refractivity contribution in [2.45, 2.75) is 57.5 Å². The van der Waals surface area contributed by atoms with Crippen LogP contribution < -0.4 is 10.6 Å². The molecule has 0 atom stereocenters. The minimum atomic E-state index is 0.0253. The third kappa shape index (κ3) is 4.72. The van der Waals surface area contributed by atoms with Crippen molar-refractivity contribution >= 4 is 22.9 Å². The molecule has 1 aliphatic rings. The Morgan fingerprint density at radius 2 is 1.88 bits per heavy atom. The Balaban J connectivity index is 1.70. The van der Waals surface area contributed by atoms with Crippen LogP contribution in [0.4, 0.5) is 5.95 Å². The van der Waals surface area contributed by atoms with E-state index in [0.717, 1.165) is 23.9 Å². The van der Waals surface area contributed by atoms with Crippen molar-refractivity contribution in [3.05, 3.63) is 24.3 Å². The second-order valence-corrected chi connectivity index (χ2v) is 6.77. The number of benzene rings is 1. The first-order chi connectivity index (χ1) is 12.3. The molecule has 6 nitrogen and oxygen atoms in total. The molecule has 1 aliphatic carbocycles. The summed E-state index contributed by atoms with van der Waals surface area (Å²) in [5.41, 5.74) is 1.78. The highest BCUT2D eigenvalue weighted by Crippen LogP contribution is 2.20. The first-order valence-corrected chi connectivity index (χ1v) is 9.37. The number of anilines is 1. The molecule has 136 valence electrons. The van der Waals surface area contributed by atoms with Gasteiger partial charge in [-0.3, -0.25) is 4.79 Å². The molecular weight excluding hydrogens is 316 g/mol. The van der Waals surface area contributed by atoms with Gasteiger partial charge in [-0.15, -0.1) is 0 Å². The predicted molar refractivity (Wildman–Crippen MR) is 99.6 cm³/mol.